The highest BCUT2D eigenvalue weighted by atomic mass is 32.2. The zero-order valence-electron chi connectivity index (χ0n) is 14.5. The molecule has 2 saturated carbocycles. The maximum atomic E-state index is 12.5. The SMILES string of the molecule is CCS(=O)C1CCCCC1NC(=O)N(C)CC1CCCCC1O. The molecule has 0 saturated heterocycles. The predicted octanol–water partition coefficient (Wildman–Crippen LogP) is 2.26. The lowest BCUT2D eigenvalue weighted by Gasteiger charge is -2.35. The number of aliphatic hydroxyl groups excluding tert-OH is 1. The summed E-state index contributed by atoms with van der Waals surface area (Å²) in [5.41, 5.74) is 0. The van der Waals surface area contributed by atoms with Crippen molar-refractivity contribution < 1.29 is 14.1 Å². The molecule has 0 radical (unpaired) electrons. The first-order valence-corrected chi connectivity index (χ1v) is 10.5. The molecule has 0 aliphatic heterocycles. The van der Waals surface area contributed by atoms with Crippen LogP contribution in [0.1, 0.15) is 58.3 Å². The van der Waals surface area contributed by atoms with Gasteiger partial charge in [0.05, 0.1) is 11.4 Å². The Morgan fingerprint density at radius 3 is 2.52 bits per heavy atom. The Hall–Kier alpha value is -0.620. The molecule has 2 aliphatic carbocycles. The fourth-order valence-electron chi connectivity index (χ4n) is 3.90. The molecule has 0 aromatic rings. The van der Waals surface area contributed by atoms with E-state index in [9.17, 15) is 14.1 Å². The number of carbonyl (C=O) groups excluding carboxylic acids is 1. The molecule has 2 rings (SSSR count). The molecule has 23 heavy (non-hydrogen) atoms. The number of urea groups is 1. The molecule has 5 unspecified atom stereocenters. The molecule has 2 fully saturated rings. The fourth-order valence-corrected chi connectivity index (χ4v) is 5.32. The van der Waals surface area contributed by atoms with Crippen molar-refractivity contribution in [3.05, 3.63) is 0 Å². The molecule has 2 aliphatic rings. The lowest BCUT2D eigenvalue weighted by Crippen LogP contribution is -2.52. The van der Waals surface area contributed by atoms with E-state index in [4.69, 9.17) is 0 Å². The Balaban J connectivity index is 1.87. The van der Waals surface area contributed by atoms with Crippen molar-refractivity contribution in [3.63, 3.8) is 0 Å². The van der Waals surface area contributed by atoms with Crippen LogP contribution < -0.4 is 5.32 Å². The van der Waals surface area contributed by atoms with Crippen molar-refractivity contribution in [1.82, 2.24) is 10.2 Å². The first-order valence-electron chi connectivity index (χ1n) is 9.09. The van der Waals surface area contributed by atoms with E-state index < -0.39 is 10.8 Å². The minimum absolute atomic E-state index is 0.0239. The molecule has 134 valence electrons. The van der Waals surface area contributed by atoms with Crippen LogP contribution in [0, 0.1) is 5.92 Å². The monoisotopic (exact) mass is 344 g/mol. The number of carbonyl (C=O) groups is 1. The summed E-state index contributed by atoms with van der Waals surface area (Å²) in [6.07, 6.45) is 7.83. The normalized spacial score (nSPS) is 33.0. The standard InChI is InChI=1S/C17H32N2O3S/c1-3-23(22)16-11-7-5-9-14(16)18-17(21)19(2)12-13-8-4-6-10-15(13)20/h13-16,20H,3-12H2,1-2H3,(H,18,21). The number of hydrogen-bond acceptors (Lipinski definition) is 3. The molecular weight excluding hydrogens is 312 g/mol. The van der Waals surface area contributed by atoms with Crippen LogP contribution in [0.4, 0.5) is 4.79 Å². The smallest absolute Gasteiger partial charge is 0.317 e. The van der Waals surface area contributed by atoms with Gasteiger partial charge in [-0.25, -0.2) is 4.79 Å². The van der Waals surface area contributed by atoms with Gasteiger partial charge in [-0.05, 0) is 25.7 Å². The van der Waals surface area contributed by atoms with Crippen LogP contribution in [0.15, 0.2) is 0 Å². The molecule has 0 aromatic carbocycles. The summed E-state index contributed by atoms with van der Waals surface area (Å²) < 4.78 is 12.2. The Labute approximate surface area is 142 Å². The third-order valence-corrected chi connectivity index (χ3v) is 7.17. The molecule has 0 bridgehead atoms. The average Bonchev–Trinajstić information content (AvgIpc) is 2.56. The van der Waals surface area contributed by atoms with Crippen LogP contribution in [0.2, 0.25) is 0 Å². The van der Waals surface area contributed by atoms with Crippen LogP contribution in [-0.4, -0.2) is 57.0 Å². The molecule has 0 heterocycles. The molecule has 0 spiro atoms. The van der Waals surface area contributed by atoms with E-state index in [2.05, 4.69) is 5.32 Å². The Kier molecular flexibility index (Phi) is 7.34. The number of rotatable bonds is 5. The Bertz CT molecular complexity index is 419. The van der Waals surface area contributed by atoms with E-state index in [0.717, 1.165) is 51.4 Å². The number of hydrogen-bond donors (Lipinski definition) is 2. The van der Waals surface area contributed by atoms with E-state index in [0.29, 0.717) is 12.3 Å². The first-order chi connectivity index (χ1) is 11.0. The molecule has 5 atom stereocenters. The van der Waals surface area contributed by atoms with E-state index >= 15 is 0 Å². The lowest BCUT2D eigenvalue weighted by molar-refractivity contribution is 0.0562. The highest BCUT2D eigenvalue weighted by Crippen LogP contribution is 2.26. The second-order valence-corrected chi connectivity index (χ2v) is 8.99. The lowest BCUT2D eigenvalue weighted by atomic mass is 9.86. The third kappa shape index (κ3) is 5.18. The van der Waals surface area contributed by atoms with E-state index in [-0.39, 0.29) is 29.3 Å². The highest BCUT2D eigenvalue weighted by Gasteiger charge is 2.32. The predicted molar refractivity (Wildman–Crippen MR) is 93.9 cm³/mol. The quantitative estimate of drug-likeness (QED) is 0.804. The summed E-state index contributed by atoms with van der Waals surface area (Å²) in [5.74, 6) is 0.840. The fraction of sp³-hybridized carbons (Fsp3) is 0.941. The van der Waals surface area contributed by atoms with Gasteiger partial charge in [-0.1, -0.05) is 32.6 Å². The van der Waals surface area contributed by atoms with Crippen LogP contribution in [0.5, 0.6) is 0 Å². The second-order valence-electron chi connectivity index (χ2n) is 7.04. The molecule has 5 nitrogen and oxygen atoms in total. The average molecular weight is 345 g/mol. The maximum absolute atomic E-state index is 12.5. The van der Waals surface area contributed by atoms with E-state index in [1.165, 1.54) is 0 Å². The van der Waals surface area contributed by atoms with Crippen molar-refractivity contribution in [2.75, 3.05) is 19.3 Å². The largest absolute Gasteiger partial charge is 0.393 e. The number of nitrogens with zero attached hydrogens (tertiary/aromatic N) is 1. The summed E-state index contributed by atoms with van der Waals surface area (Å²) in [5, 5.41) is 13.3. The van der Waals surface area contributed by atoms with Crippen molar-refractivity contribution in [2.24, 2.45) is 5.92 Å². The van der Waals surface area contributed by atoms with Crippen molar-refractivity contribution in [3.8, 4) is 0 Å². The van der Waals surface area contributed by atoms with E-state index in [1.54, 1.807) is 11.9 Å². The van der Waals surface area contributed by atoms with Gasteiger partial charge in [0.25, 0.3) is 0 Å². The third-order valence-electron chi connectivity index (χ3n) is 5.36. The first kappa shape index (κ1) is 18.7. The zero-order chi connectivity index (χ0) is 16.8. The summed E-state index contributed by atoms with van der Waals surface area (Å²) >= 11 is 0. The van der Waals surface area contributed by atoms with E-state index in [1.807, 2.05) is 6.92 Å². The summed E-state index contributed by atoms with van der Waals surface area (Å²) in [6.45, 7) is 2.54. The molecule has 0 aromatic heterocycles. The maximum Gasteiger partial charge on any atom is 0.317 e. The minimum atomic E-state index is -0.858. The van der Waals surface area contributed by atoms with Crippen LogP contribution in [-0.2, 0) is 10.8 Å². The summed E-state index contributed by atoms with van der Waals surface area (Å²) in [4.78, 5) is 14.2. The van der Waals surface area contributed by atoms with Gasteiger partial charge in [0.15, 0.2) is 0 Å². The second kappa shape index (κ2) is 9.02. The molecular formula is C17H32N2O3S. The van der Waals surface area contributed by atoms with Crippen molar-refractivity contribution >= 4 is 16.8 Å². The van der Waals surface area contributed by atoms with Crippen molar-refractivity contribution in [1.29, 1.82) is 0 Å². The van der Waals surface area contributed by atoms with Gasteiger partial charge in [0.2, 0.25) is 0 Å². The minimum Gasteiger partial charge on any atom is -0.393 e. The van der Waals surface area contributed by atoms with Crippen LogP contribution in [0.25, 0.3) is 0 Å². The molecule has 6 heteroatoms. The van der Waals surface area contributed by atoms with Crippen LogP contribution >= 0.6 is 0 Å². The van der Waals surface area contributed by atoms with Gasteiger partial charge in [0, 0.05) is 42.1 Å². The summed E-state index contributed by atoms with van der Waals surface area (Å²) in [6, 6.07) is -0.0662. The number of nitrogens with one attached hydrogen (secondary N) is 1. The zero-order valence-corrected chi connectivity index (χ0v) is 15.3. The van der Waals surface area contributed by atoms with Gasteiger partial charge >= 0.3 is 6.03 Å². The summed E-state index contributed by atoms with van der Waals surface area (Å²) in [7, 11) is 0.939. The van der Waals surface area contributed by atoms with Crippen LogP contribution in [0.3, 0.4) is 0 Å². The topological polar surface area (TPSA) is 69.6 Å². The molecule has 2 amide bonds. The van der Waals surface area contributed by atoms with Gasteiger partial charge in [0.1, 0.15) is 0 Å². The van der Waals surface area contributed by atoms with Gasteiger partial charge in [-0.2, -0.15) is 0 Å². The number of aliphatic hydroxyl groups is 1. The Morgan fingerprint density at radius 1 is 1.17 bits per heavy atom. The van der Waals surface area contributed by atoms with Gasteiger partial charge in [-0.15, -0.1) is 0 Å². The van der Waals surface area contributed by atoms with Gasteiger partial charge in [-0.3, -0.25) is 4.21 Å². The van der Waals surface area contributed by atoms with Gasteiger partial charge < -0.3 is 15.3 Å². The highest BCUT2D eigenvalue weighted by molar-refractivity contribution is 7.85. The number of amides is 2. The Morgan fingerprint density at radius 2 is 1.83 bits per heavy atom. The molecule has 2 N–H and O–H groups in total. The van der Waals surface area contributed by atoms with Crippen molar-refractivity contribution in [2.45, 2.75) is 75.7 Å².